The highest BCUT2D eigenvalue weighted by molar-refractivity contribution is 5.29. The summed E-state index contributed by atoms with van der Waals surface area (Å²) in [6.45, 7) is 3.53. The molecule has 1 saturated heterocycles. The van der Waals surface area contributed by atoms with Crippen LogP contribution < -0.4 is 5.32 Å². The van der Waals surface area contributed by atoms with Crippen molar-refractivity contribution in [2.75, 3.05) is 13.1 Å². The highest BCUT2D eigenvalue weighted by atomic mass is 19.1. The Kier molecular flexibility index (Phi) is 3.54. The van der Waals surface area contributed by atoms with E-state index in [0.717, 1.165) is 25.9 Å². The second-order valence-corrected chi connectivity index (χ2v) is 4.49. The molecular weight excluding hydrogens is 208 g/mol. The molecule has 0 aliphatic carbocycles. The fourth-order valence-electron chi connectivity index (χ4n) is 2.34. The molecule has 1 unspecified atom stereocenters. The molecule has 16 heavy (non-hydrogen) atoms. The second-order valence-electron chi connectivity index (χ2n) is 4.49. The van der Waals surface area contributed by atoms with Crippen LogP contribution in [0, 0.1) is 18.7 Å². The van der Waals surface area contributed by atoms with Gasteiger partial charge in [0, 0.05) is 0 Å². The van der Waals surface area contributed by atoms with E-state index in [0.29, 0.717) is 11.1 Å². The summed E-state index contributed by atoms with van der Waals surface area (Å²) in [6, 6.07) is 4.33. The van der Waals surface area contributed by atoms with Crippen molar-refractivity contribution in [1.82, 2.24) is 5.32 Å². The van der Waals surface area contributed by atoms with Crippen LogP contribution in [-0.4, -0.2) is 13.1 Å². The Balaban J connectivity index is 2.15. The third-order valence-corrected chi connectivity index (χ3v) is 3.33. The molecule has 1 aromatic rings. The van der Waals surface area contributed by atoms with Gasteiger partial charge in [-0.2, -0.15) is 0 Å². The lowest BCUT2D eigenvalue weighted by Crippen LogP contribution is -2.30. The minimum Gasteiger partial charge on any atom is -0.317 e. The fraction of sp³-hybridized carbons (Fsp3) is 0.538. The number of rotatable bonds is 2. The van der Waals surface area contributed by atoms with Gasteiger partial charge >= 0.3 is 0 Å². The van der Waals surface area contributed by atoms with Crippen molar-refractivity contribution in [3.8, 4) is 0 Å². The van der Waals surface area contributed by atoms with Crippen LogP contribution in [0.25, 0.3) is 0 Å². The molecule has 0 amide bonds. The van der Waals surface area contributed by atoms with Crippen molar-refractivity contribution < 1.29 is 8.78 Å². The van der Waals surface area contributed by atoms with Crippen LogP contribution in [0.4, 0.5) is 8.78 Å². The smallest absolute Gasteiger partial charge is 0.128 e. The molecule has 1 aliphatic rings. The van der Waals surface area contributed by atoms with Gasteiger partial charge in [0.1, 0.15) is 12.0 Å². The number of hydrogen-bond donors (Lipinski definition) is 1. The van der Waals surface area contributed by atoms with Crippen molar-refractivity contribution in [3.05, 3.63) is 35.1 Å². The van der Waals surface area contributed by atoms with Gasteiger partial charge in [-0.05, 0) is 62.0 Å². The standard InChI is InChI=1S/C13H17F2N/c1-9-8-11(14)2-3-12(9)13(15)10-4-6-16-7-5-10/h2-3,8,10,13,16H,4-7H2,1H3. The average Bonchev–Trinajstić information content (AvgIpc) is 2.29. The highest BCUT2D eigenvalue weighted by Crippen LogP contribution is 2.33. The molecule has 0 bridgehead atoms. The van der Waals surface area contributed by atoms with Gasteiger partial charge in [-0.1, -0.05) is 6.07 Å². The molecule has 0 radical (unpaired) electrons. The Morgan fingerprint density at radius 2 is 2.00 bits per heavy atom. The number of hydrogen-bond acceptors (Lipinski definition) is 1. The summed E-state index contributed by atoms with van der Waals surface area (Å²) in [4.78, 5) is 0. The van der Waals surface area contributed by atoms with Crippen molar-refractivity contribution in [1.29, 1.82) is 0 Å². The molecule has 1 heterocycles. The largest absolute Gasteiger partial charge is 0.317 e. The van der Waals surface area contributed by atoms with E-state index in [-0.39, 0.29) is 11.7 Å². The number of alkyl halides is 1. The molecule has 2 rings (SSSR count). The zero-order valence-electron chi connectivity index (χ0n) is 9.47. The van der Waals surface area contributed by atoms with E-state index in [2.05, 4.69) is 5.32 Å². The van der Waals surface area contributed by atoms with E-state index >= 15 is 0 Å². The van der Waals surface area contributed by atoms with Crippen molar-refractivity contribution in [3.63, 3.8) is 0 Å². The molecule has 0 spiro atoms. The SMILES string of the molecule is Cc1cc(F)ccc1C(F)C1CCNCC1. The fourth-order valence-corrected chi connectivity index (χ4v) is 2.34. The first-order valence-corrected chi connectivity index (χ1v) is 5.79. The summed E-state index contributed by atoms with van der Waals surface area (Å²) in [5, 5.41) is 3.22. The van der Waals surface area contributed by atoms with Crippen LogP contribution in [-0.2, 0) is 0 Å². The lowest BCUT2D eigenvalue weighted by molar-refractivity contribution is 0.189. The van der Waals surface area contributed by atoms with E-state index in [1.165, 1.54) is 12.1 Å². The first-order chi connectivity index (χ1) is 7.68. The van der Waals surface area contributed by atoms with Crippen molar-refractivity contribution in [2.45, 2.75) is 25.9 Å². The Labute approximate surface area is 94.9 Å². The third kappa shape index (κ3) is 2.40. The van der Waals surface area contributed by atoms with Gasteiger partial charge in [0.15, 0.2) is 0 Å². The maximum absolute atomic E-state index is 14.3. The molecule has 1 aliphatic heterocycles. The summed E-state index contributed by atoms with van der Waals surface area (Å²) in [6.07, 6.45) is 0.762. The van der Waals surface area contributed by atoms with E-state index < -0.39 is 6.17 Å². The Morgan fingerprint density at radius 3 is 2.62 bits per heavy atom. The van der Waals surface area contributed by atoms with Crippen LogP contribution in [0.3, 0.4) is 0 Å². The minimum absolute atomic E-state index is 0.0745. The number of piperidine rings is 1. The maximum Gasteiger partial charge on any atom is 0.128 e. The highest BCUT2D eigenvalue weighted by Gasteiger charge is 2.25. The van der Waals surface area contributed by atoms with Gasteiger partial charge in [-0.25, -0.2) is 8.78 Å². The molecule has 0 saturated carbocycles. The Morgan fingerprint density at radius 1 is 1.31 bits per heavy atom. The zero-order chi connectivity index (χ0) is 11.5. The number of aryl methyl sites for hydroxylation is 1. The van der Waals surface area contributed by atoms with E-state index in [1.807, 2.05) is 0 Å². The molecule has 1 N–H and O–H groups in total. The van der Waals surface area contributed by atoms with Crippen LogP contribution in [0.1, 0.15) is 30.1 Å². The third-order valence-electron chi connectivity index (χ3n) is 3.33. The van der Waals surface area contributed by atoms with Gasteiger partial charge in [0.2, 0.25) is 0 Å². The summed E-state index contributed by atoms with van der Waals surface area (Å²) in [5.74, 6) is -0.218. The van der Waals surface area contributed by atoms with Gasteiger partial charge < -0.3 is 5.32 Å². The minimum atomic E-state index is -0.956. The maximum atomic E-state index is 14.3. The Bertz CT molecular complexity index is 359. The van der Waals surface area contributed by atoms with E-state index in [9.17, 15) is 8.78 Å². The Hall–Kier alpha value is -0.960. The topological polar surface area (TPSA) is 12.0 Å². The average molecular weight is 225 g/mol. The predicted octanol–water partition coefficient (Wildman–Crippen LogP) is 3.14. The molecule has 0 aromatic heterocycles. The van der Waals surface area contributed by atoms with Crippen LogP contribution >= 0.6 is 0 Å². The lowest BCUT2D eigenvalue weighted by atomic mass is 9.87. The van der Waals surface area contributed by atoms with Crippen molar-refractivity contribution >= 4 is 0 Å². The lowest BCUT2D eigenvalue weighted by Gasteiger charge is -2.26. The van der Waals surface area contributed by atoms with Gasteiger partial charge in [-0.3, -0.25) is 0 Å². The predicted molar refractivity (Wildman–Crippen MR) is 60.6 cm³/mol. The molecule has 1 fully saturated rings. The summed E-state index contributed by atoms with van der Waals surface area (Å²) < 4.78 is 27.2. The molecule has 1 nitrogen and oxygen atoms in total. The quantitative estimate of drug-likeness (QED) is 0.815. The van der Waals surface area contributed by atoms with Gasteiger partial charge in [0.25, 0.3) is 0 Å². The van der Waals surface area contributed by atoms with Gasteiger partial charge in [-0.15, -0.1) is 0 Å². The number of halogens is 2. The molecule has 1 atom stereocenters. The number of benzene rings is 1. The molecule has 88 valence electrons. The van der Waals surface area contributed by atoms with E-state index in [1.54, 1.807) is 13.0 Å². The van der Waals surface area contributed by atoms with Crippen molar-refractivity contribution in [2.24, 2.45) is 5.92 Å². The normalized spacial score (nSPS) is 19.7. The summed E-state index contributed by atoms with van der Waals surface area (Å²) in [7, 11) is 0. The first kappa shape index (κ1) is 11.5. The van der Waals surface area contributed by atoms with E-state index in [4.69, 9.17) is 0 Å². The molecule has 1 aromatic carbocycles. The zero-order valence-corrected chi connectivity index (χ0v) is 9.47. The first-order valence-electron chi connectivity index (χ1n) is 5.79. The number of nitrogens with one attached hydrogen (secondary N) is 1. The van der Waals surface area contributed by atoms with Crippen LogP contribution in [0.2, 0.25) is 0 Å². The molecule has 3 heteroatoms. The molecular formula is C13H17F2N. The second kappa shape index (κ2) is 4.91. The monoisotopic (exact) mass is 225 g/mol. The van der Waals surface area contributed by atoms with Gasteiger partial charge in [0.05, 0.1) is 0 Å². The summed E-state index contributed by atoms with van der Waals surface area (Å²) >= 11 is 0. The van der Waals surface area contributed by atoms with Crippen LogP contribution in [0.5, 0.6) is 0 Å². The summed E-state index contributed by atoms with van der Waals surface area (Å²) in [5.41, 5.74) is 1.36. The van der Waals surface area contributed by atoms with Crippen LogP contribution in [0.15, 0.2) is 18.2 Å².